The molecule has 2 atom stereocenters. The highest BCUT2D eigenvalue weighted by atomic mass is 19.1. The lowest BCUT2D eigenvalue weighted by Crippen LogP contribution is -2.55. The number of rotatable bonds is 4. The number of halogens is 1. The first-order valence-electron chi connectivity index (χ1n) is 7.21. The van der Waals surface area contributed by atoms with Crippen molar-refractivity contribution in [3.63, 3.8) is 0 Å². The van der Waals surface area contributed by atoms with Crippen LogP contribution >= 0.6 is 0 Å². The van der Waals surface area contributed by atoms with E-state index in [2.05, 4.69) is 4.98 Å². The van der Waals surface area contributed by atoms with Gasteiger partial charge >= 0.3 is 0 Å². The second kappa shape index (κ2) is 6.49. The molecule has 0 unspecified atom stereocenters. The second-order valence-electron chi connectivity index (χ2n) is 5.69. The van der Waals surface area contributed by atoms with Gasteiger partial charge in [0.25, 0.3) is 5.91 Å². The van der Waals surface area contributed by atoms with Crippen LogP contribution in [0.25, 0.3) is 0 Å². The van der Waals surface area contributed by atoms with E-state index in [1.165, 1.54) is 6.20 Å². The molecular formula is C15H21FN2O3. The molecule has 2 N–H and O–H groups in total. The molecule has 0 radical (unpaired) electrons. The van der Waals surface area contributed by atoms with Crippen LogP contribution in [-0.4, -0.2) is 51.8 Å². The van der Waals surface area contributed by atoms with Crippen LogP contribution in [-0.2, 0) is 0 Å². The quantitative estimate of drug-likeness (QED) is 0.876. The number of likely N-dealkylation sites (tertiary alicyclic amines) is 1. The van der Waals surface area contributed by atoms with Crippen molar-refractivity contribution in [2.24, 2.45) is 5.41 Å². The summed E-state index contributed by atoms with van der Waals surface area (Å²) < 4.78 is 13.2. The summed E-state index contributed by atoms with van der Waals surface area (Å²) in [5, 5.41) is 19.9. The van der Waals surface area contributed by atoms with Gasteiger partial charge in [-0.05, 0) is 18.9 Å². The number of carbonyl (C=O) groups excluding carboxylic acids is 1. The first-order chi connectivity index (χ1) is 10.0. The van der Waals surface area contributed by atoms with E-state index in [9.17, 15) is 19.4 Å². The van der Waals surface area contributed by atoms with Gasteiger partial charge in [-0.15, -0.1) is 0 Å². The van der Waals surface area contributed by atoms with Crippen molar-refractivity contribution >= 4 is 5.91 Å². The zero-order chi connectivity index (χ0) is 15.5. The molecule has 0 aromatic carbocycles. The van der Waals surface area contributed by atoms with Crippen LogP contribution in [0.5, 0.6) is 0 Å². The van der Waals surface area contributed by atoms with Crippen molar-refractivity contribution < 1.29 is 19.4 Å². The molecule has 1 aromatic rings. The van der Waals surface area contributed by atoms with E-state index in [4.69, 9.17) is 0 Å². The van der Waals surface area contributed by atoms with E-state index in [0.29, 0.717) is 19.4 Å². The zero-order valence-corrected chi connectivity index (χ0v) is 12.1. The minimum absolute atomic E-state index is 0.173. The average molecular weight is 296 g/mol. The molecule has 1 aromatic heterocycles. The van der Waals surface area contributed by atoms with E-state index in [1.807, 2.05) is 6.92 Å². The number of hydrogen-bond acceptors (Lipinski definition) is 4. The van der Waals surface area contributed by atoms with Gasteiger partial charge in [-0.3, -0.25) is 9.78 Å². The third-order valence-electron chi connectivity index (χ3n) is 4.19. The Morgan fingerprint density at radius 1 is 1.57 bits per heavy atom. The molecule has 2 heterocycles. The maximum absolute atomic E-state index is 13.2. The Morgan fingerprint density at radius 2 is 2.33 bits per heavy atom. The monoisotopic (exact) mass is 296 g/mol. The summed E-state index contributed by atoms with van der Waals surface area (Å²) in [6, 6.07) is 1.15. The van der Waals surface area contributed by atoms with Gasteiger partial charge in [0.05, 0.1) is 24.5 Å². The Kier molecular flexibility index (Phi) is 4.90. The number of aliphatic hydroxyl groups is 2. The third-order valence-corrected chi connectivity index (χ3v) is 4.19. The second-order valence-corrected chi connectivity index (χ2v) is 5.69. The molecule has 0 bridgehead atoms. The van der Waals surface area contributed by atoms with Crippen LogP contribution < -0.4 is 0 Å². The smallest absolute Gasteiger partial charge is 0.255 e. The van der Waals surface area contributed by atoms with Crippen molar-refractivity contribution in [2.75, 3.05) is 19.7 Å². The lowest BCUT2D eigenvalue weighted by atomic mass is 9.74. The molecule has 116 valence electrons. The molecular weight excluding hydrogens is 275 g/mol. The molecule has 2 rings (SSSR count). The fourth-order valence-corrected chi connectivity index (χ4v) is 3.01. The Labute approximate surface area is 123 Å². The van der Waals surface area contributed by atoms with Crippen LogP contribution in [0.3, 0.4) is 0 Å². The minimum atomic E-state index is -0.691. The maximum atomic E-state index is 13.2. The number of amides is 1. The van der Waals surface area contributed by atoms with Crippen LogP contribution in [0.2, 0.25) is 0 Å². The summed E-state index contributed by atoms with van der Waals surface area (Å²) in [5.41, 5.74) is -0.501. The largest absolute Gasteiger partial charge is 0.396 e. The molecule has 21 heavy (non-hydrogen) atoms. The highest BCUT2D eigenvalue weighted by molar-refractivity contribution is 5.94. The fourth-order valence-electron chi connectivity index (χ4n) is 3.01. The predicted molar refractivity (Wildman–Crippen MR) is 75.1 cm³/mol. The molecule has 1 fully saturated rings. The van der Waals surface area contributed by atoms with E-state index < -0.39 is 17.3 Å². The van der Waals surface area contributed by atoms with Gasteiger partial charge in [-0.2, -0.15) is 0 Å². The first-order valence-corrected chi connectivity index (χ1v) is 7.21. The summed E-state index contributed by atoms with van der Waals surface area (Å²) in [5.74, 6) is -0.872. The number of aromatic nitrogens is 1. The van der Waals surface area contributed by atoms with E-state index >= 15 is 0 Å². The summed E-state index contributed by atoms with van der Waals surface area (Å²) in [6.45, 7) is 2.46. The van der Waals surface area contributed by atoms with Crippen LogP contribution in [0.4, 0.5) is 4.39 Å². The molecule has 1 aliphatic heterocycles. The number of pyridine rings is 1. The lowest BCUT2D eigenvalue weighted by molar-refractivity contribution is -0.0720. The number of aliphatic hydroxyl groups excluding tert-OH is 2. The molecule has 0 spiro atoms. The summed E-state index contributed by atoms with van der Waals surface area (Å²) in [6.07, 6.45) is 3.60. The molecule has 6 heteroatoms. The third kappa shape index (κ3) is 3.22. The summed E-state index contributed by atoms with van der Waals surface area (Å²) in [4.78, 5) is 17.7. The fraction of sp³-hybridized carbons (Fsp3) is 0.600. The topological polar surface area (TPSA) is 73.7 Å². The predicted octanol–water partition coefficient (Wildman–Crippen LogP) is 1.21. The normalized spacial score (nSPS) is 25.9. The molecule has 1 amide bonds. The molecule has 5 nitrogen and oxygen atoms in total. The van der Waals surface area contributed by atoms with Crippen molar-refractivity contribution in [1.82, 2.24) is 9.88 Å². The van der Waals surface area contributed by atoms with Gasteiger partial charge in [0.1, 0.15) is 5.82 Å². The Morgan fingerprint density at radius 3 is 2.95 bits per heavy atom. The zero-order valence-electron chi connectivity index (χ0n) is 12.1. The molecule has 1 saturated heterocycles. The number of piperidine rings is 1. The standard InChI is InChI=1S/C15H21FN2O3/c1-2-4-15(10-19)9-18(5-3-13(15)20)14(21)11-6-12(16)8-17-7-11/h6-8,13,19-20H,2-5,9-10H2,1H3/t13-,15+/m1/s1. The molecule has 0 aliphatic carbocycles. The average Bonchev–Trinajstić information content (AvgIpc) is 2.49. The maximum Gasteiger partial charge on any atom is 0.255 e. The lowest BCUT2D eigenvalue weighted by Gasteiger charge is -2.45. The SMILES string of the molecule is CCC[C@@]1(CO)CN(C(=O)c2cncc(F)c2)CC[C@H]1O. The van der Waals surface area contributed by atoms with Crippen LogP contribution in [0.1, 0.15) is 36.5 Å². The number of nitrogens with zero attached hydrogens (tertiary/aromatic N) is 2. The van der Waals surface area contributed by atoms with Crippen molar-refractivity contribution in [3.8, 4) is 0 Å². The highest BCUT2D eigenvalue weighted by Crippen LogP contribution is 2.35. The van der Waals surface area contributed by atoms with Gasteiger partial charge < -0.3 is 15.1 Å². The van der Waals surface area contributed by atoms with Gasteiger partial charge in [0, 0.05) is 24.7 Å². The summed E-state index contributed by atoms with van der Waals surface area (Å²) in [7, 11) is 0. The van der Waals surface area contributed by atoms with Gasteiger partial charge in [-0.1, -0.05) is 13.3 Å². The van der Waals surface area contributed by atoms with Crippen molar-refractivity contribution in [1.29, 1.82) is 0 Å². The van der Waals surface area contributed by atoms with Crippen LogP contribution in [0.15, 0.2) is 18.5 Å². The van der Waals surface area contributed by atoms with E-state index in [-0.39, 0.29) is 24.6 Å². The van der Waals surface area contributed by atoms with Gasteiger partial charge in [0.2, 0.25) is 0 Å². The Bertz CT molecular complexity index is 511. The Balaban J connectivity index is 2.19. The van der Waals surface area contributed by atoms with Crippen molar-refractivity contribution in [3.05, 3.63) is 29.8 Å². The number of hydrogen-bond donors (Lipinski definition) is 2. The first kappa shape index (κ1) is 15.9. The van der Waals surface area contributed by atoms with Crippen LogP contribution in [0, 0.1) is 11.2 Å². The summed E-state index contributed by atoms with van der Waals surface area (Å²) >= 11 is 0. The Hall–Kier alpha value is -1.53. The highest BCUT2D eigenvalue weighted by Gasteiger charge is 2.43. The minimum Gasteiger partial charge on any atom is -0.396 e. The van der Waals surface area contributed by atoms with Gasteiger partial charge in [-0.25, -0.2) is 4.39 Å². The van der Waals surface area contributed by atoms with E-state index in [0.717, 1.165) is 18.7 Å². The molecule has 1 aliphatic rings. The molecule has 0 saturated carbocycles. The van der Waals surface area contributed by atoms with Gasteiger partial charge in [0.15, 0.2) is 0 Å². The van der Waals surface area contributed by atoms with Crippen molar-refractivity contribution in [2.45, 2.75) is 32.3 Å². The van der Waals surface area contributed by atoms with E-state index in [1.54, 1.807) is 4.90 Å². The number of carbonyl (C=O) groups is 1.